The number of hydrogen-bond acceptors (Lipinski definition) is 6. The maximum absolute atomic E-state index is 13.9. The SMILES string of the molecule is CCCN(C1CCc2ccc(NS(C)(=O)=O)cc2C1)C(C(=O)N1CCOCC1)C1CCNCC1. The van der Waals surface area contributed by atoms with Crippen molar-refractivity contribution < 1.29 is 17.9 Å². The molecule has 34 heavy (non-hydrogen) atoms. The number of rotatable bonds is 8. The molecule has 1 aromatic rings. The van der Waals surface area contributed by atoms with Crippen LogP contribution >= 0.6 is 0 Å². The Balaban J connectivity index is 1.60. The highest BCUT2D eigenvalue weighted by Gasteiger charge is 2.40. The van der Waals surface area contributed by atoms with E-state index in [2.05, 4.69) is 21.9 Å². The summed E-state index contributed by atoms with van der Waals surface area (Å²) in [7, 11) is -3.32. The van der Waals surface area contributed by atoms with E-state index in [1.807, 2.05) is 23.1 Å². The molecular weight excluding hydrogens is 452 g/mol. The van der Waals surface area contributed by atoms with E-state index in [0.717, 1.165) is 58.2 Å². The fourth-order valence-corrected chi connectivity index (χ4v) is 6.41. The molecule has 0 radical (unpaired) electrons. The minimum absolute atomic E-state index is 0.107. The molecule has 3 aliphatic rings. The van der Waals surface area contributed by atoms with Crippen molar-refractivity contribution in [2.24, 2.45) is 5.92 Å². The van der Waals surface area contributed by atoms with Gasteiger partial charge in [0.2, 0.25) is 15.9 Å². The lowest BCUT2D eigenvalue weighted by atomic mass is 9.83. The molecule has 2 unspecified atom stereocenters. The van der Waals surface area contributed by atoms with E-state index < -0.39 is 10.0 Å². The number of hydrogen-bond donors (Lipinski definition) is 2. The van der Waals surface area contributed by atoms with Gasteiger partial charge in [-0.25, -0.2) is 8.42 Å². The number of fused-ring (bicyclic) bond motifs is 1. The Morgan fingerprint density at radius 2 is 1.94 bits per heavy atom. The smallest absolute Gasteiger partial charge is 0.240 e. The average Bonchev–Trinajstić information content (AvgIpc) is 2.83. The number of piperidine rings is 1. The fraction of sp³-hybridized carbons (Fsp3) is 0.720. The number of aryl methyl sites for hydroxylation is 1. The van der Waals surface area contributed by atoms with Gasteiger partial charge in [0.25, 0.3) is 0 Å². The van der Waals surface area contributed by atoms with Crippen molar-refractivity contribution in [3.63, 3.8) is 0 Å². The number of anilines is 1. The summed E-state index contributed by atoms with van der Waals surface area (Å²) in [6.45, 7) is 7.60. The van der Waals surface area contributed by atoms with E-state index in [1.54, 1.807) is 0 Å². The summed E-state index contributed by atoms with van der Waals surface area (Å²) in [6, 6.07) is 6.04. The normalized spacial score (nSPS) is 22.9. The molecule has 190 valence electrons. The number of amides is 1. The molecule has 2 heterocycles. The van der Waals surface area contributed by atoms with Crippen LogP contribution in [0.4, 0.5) is 5.69 Å². The Morgan fingerprint density at radius 1 is 1.21 bits per heavy atom. The lowest BCUT2D eigenvalue weighted by Gasteiger charge is -2.45. The molecule has 0 saturated carbocycles. The van der Waals surface area contributed by atoms with E-state index in [1.165, 1.54) is 17.4 Å². The van der Waals surface area contributed by atoms with Crippen LogP contribution in [0.2, 0.25) is 0 Å². The predicted octanol–water partition coefficient (Wildman–Crippen LogP) is 1.85. The molecule has 8 nitrogen and oxygen atoms in total. The zero-order chi connectivity index (χ0) is 24.1. The highest BCUT2D eigenvalue weighted by molar-refractivity contribution is 7.92. The standard InChI is InChI=1S/C25H40N4O4S/c1-3-12-29(23-7-5-19-4-6-22(17-21(19)18-23)27-34(2,31)32)24(20-8-10-26-11-9-20)25(30)28-13-15-33-16-14-28/h4,6,17,20,23-24,26-27H,3,5,7-16,18H2,1-2H3. The van der Waals surface area contributed by atoms with Gasteiger partial charge in [-0.15, -0.1) is 0 Å². The second-order valence-corrected chi connectivity index (χ2v) is 11.7. The second-order valence-electron chi connectivity index (χ2n) is 9.96. The molecular formula is C25H40N4O4S. The van der Waals surface area contributed by atoms with Gasteiger partial charge in [0.15, 0.2) is 0 Å². The maximum Gasteiger partial charge on any atom is 0.240 e. The van der Waals surface area contributed by atoms with Crippen molar-refractivity contribution in [1.82, 2.24) is 15.1 Å². The third-order valence-electron chi connectivity index (χ3n) is 7.43. The van der Waals surface area contributed by atoms with Gasteiger partial charge < -0.3 is 15.0 Å². The van der Waals surface area contributed by atoms with E-state index >= 15 is 0 Å². The predicted molar refractivity (Wildman–Crippen MR) is 134 cm³/mol. The zero-order valence-electron chi connectivity index (χ0n) is 20.6. The Bertz CT molecular complexity index is 942. The van der Waals surface area contributed by atoms with Gasteiger partial charge in [0.05, 0.1) is 25.5 Å². The highest BCUT2D eigenvalue weighted by Crippen LogP contribution is 2.32. The van der Waals surface area contributed by atoms with Crippen LogP contribution in [0.5, 0.6) is 0 Å². The van der Waals surface area contributed by atoms with E-state index in [0.29, 0.717) is 37.9 Å². The molecule has 0 bridgehead atoms. The Kier molecular flexibility index (Phi) is 8.50. The van der Waals surface area contributed by atoms with Crippen LogP contribution in [-0.4, -0.2) is 88.4 Å². The maximum atomic E-state index is 13.9. The van der Waals surface area contributed by atoms with Gasteiger partial charge in [-0.3, -0.25) is 14.4 Å². The molecule has 1 aliphatic carbocycles. The summed E-state index contributed by atoms with van der Waals surface area (Å²) in [4.78, 5) is 18.5. The zero-order valence-corrected chi connectivity index (χ0v) is 21.4. The van der Waals surface area contributed by atoms with E-state index in [9.17, 15) is 13.2 Å². The van der Waals surface area contributed by atoms with Gasteiger partial charge in [0.1, 0.15) is 0 Å². The molecule has 2 aliphatic heterocycles. The largest absolute Gasteiger partial charge is 0.378 e. The molecule has 2 fully saturated rings. The first-order valence-corrected chi connectivity index (χ1v) is 14.7. The van der Waals surface area contributed by atoms with Crippen molar-refractivity contribution in [2.45, 2.75) is 57.5 Å². The topological polar surface area (TPSA) is 91.0 Å². The summed E-state index contributed by atoms with van der Waals surface area (Å²) in [5.74, 6) is 0.615. The van der Waals surface area contributed by atoms with E-state index in [-0.39, 0.29) is 18.0 Å². The molecule has 0 spiro atoms. The number of morpholine rings is 1. The van der Waals surface area contributed by atoms with Crippen LogP contribution in [0.1, 0.15) is 43.7 Å². The fourth-order valence-electron chi connectivity index (χ4n) is 5.85. The molecule has 1 amide bonds. The number of benzene rings is 1. The first kappa shape index (κ1) is 25.4. The molecule has 4 rings (SSSR count). The van der Waals surface area contributed by atoms with Crippen LogP contribution in [0, 0.1) is 5.92 Å². The number of carbonyl (C=O) groups excluding carboxylic acids is 1. The summed E-state index contributed by atoms with van der Waals surface area (Å²) in [5.41, 5.74) is 3.08. The lowest BCUT2D eigenvalue weighted by molar-refractivity contribution is -0.145. The third kappa shape index (κ3) is 6.30. The minimum atomic E-state index is -3.32. The van der Waals surface area contributed by atoms with Gasteiger partial charge in [-0.1, -0.05) is 13.0 Å². The third-order valence-corrected chi connectivity index (χ3v) is 8.03. The van der Waals surface area contributed by atoms with Crippen molar-refractivity contribution in [3.8, 4) is 0 Å². The number of sulfonamides is 1. The van der Waals surface area contributed by atoms with E-state index in [4.69, 9.17) is 4.74 Å². The monoisotopic (exact) mass is 492 g/mol. The Labute approximate surface area is 204 Å². The Hall–Kier alpha value is -1.68. The van der Waals surface area contributed by atoms with Crippen molar-refractivity contribution in [2.75, 3.05) is 56.9 Å². The molecule has 9 heteroatoms. The number of nitrogens with zero attached hydrogens (tertiary/aromatic N) is 2. The molecule has 1 aromatic carbocycles. The molecule has 0 aromatic heterocycles. The van der Waals surface area contributed by atoms with Crippen LogP contribution in [0.15, 0.2) is 18.2 Å². The van der Waals surface area contributed by atoms with Crippen LogP contribution in [0.25, 0.3) is 0 Å². The quantitative estimate of drug-likeness (QED) is 0.576. The summed E-state index contributed by atoms with van der Waals surface area (Å²) in [5, 5.41) is 3.46. The molecule has 2 atom stereocenters. The number of nitrogens with one attached hydrogen (secondary N) is 2. The van der Waals surface area contributed by atoms with Gasteiger partial charge in [0, 0.05) is 24.8 Å². The number of ether oxygens (including phenoxy) is 1. The highest BCUT2D eigenvalue weighted by atomic mass is 32.2. The van der Waals surface area contributed by atoms with Crippen LogP contribution in [0.3, 0.4) is 0 Å². The first-order valence-electron chi connectivity index (χ1n) is 12.8. The van der Waals surface area contributed by atoms with Gasteiger partial charge >= 0.3 is 0 Å². The minimum Gasteiger partial charge on any atom is -0.378 e. The molecule has 2 saturated heterocycles. The molecule has 2 N–H and O–H groups in total. The Morgan fingerprint density at radius 3 is 2.62 bits per heavy atom. The summed E-state index contributed by atoms with van der Waals surface area (Å²) in [6.07, 6.45) is 7.02. The van der Waals surface area contributed by atoms with Crippen molar-refractivity contribution >= 4 is 21.6 Å². The lowest BCUT2D eigenvalue weighted by Crippen LogP contribution is -2.59. The van der Waals surface area contributed by atoms with Crippen molar-refractivity contribution in [1.29, 1.82) is 0 Å². The van der Waals surface area contributed by atoms with Crippen LogP contribution < -0.4 is 10.0 Å². The number of carbonyl (C=O) groups is 1. The summed E-state index contributed by atoms with van der Waals surface area (Å²) < 4.78 is 31.6. The van der Waals surface area contributed by atoms with Crippen molar-refractivity contribution in [3.05, 3.63) is 29.3 Å². The van der Waals surface area contributed by atoms with Crippen LogP contribution in [-0.2, 0) is 32.4 Å². The van der Waals surface area contributed by atoms with Gasteiger partial charge in [-0.2, -0.15) is 0 Å². The first-order chi connectivity index (χ1) is 16.4. The average molecular weight is 493 g/mol. The summed E-state index contributed by atoms with van der Waals surface area (Å²) >= 11 is 0. The van der Waals surface area contributed by atoms with Gasteiger partial charge in [-0.05, 0) is 87.3 Å². The second kappa shape index (κ2) is 11.4.